The van der Waals surface area contributed by atoms with Crippen molar-refractivity contribution in [1.82, 2.24) is 9.55 Å². The maximum atomic E-state index is 11.9. The molecule has 0 radical (unpaired) electrons. The Balaban J connectivity index is 2.12. The molecule has 0 aliphatic heterocycles. The smallest absolute Gasteiger partial charge is 0.356 e. The minimum Gasteiger partial charge on any atom is -0.383 e. The maximum Gasteiger partial charge on any atom is 0.356 e. The topological polar surface area (TPSA) is 78.0 Å². The van der Waals surface area contributed by atoms with Gasteiger partial charge in [0, 0.05) is 12.6 Å². The number of carbonyl (C=O) groups excluding carboxylic acids is 1. The van der Waals surface area contributed by atoms with Crippen LogP contribution in [0.2, 0.25) is 0 Å². The molecule has 0 atom stereocenters. The minimum atomic E-state index is -0.587. The summed E-state index contributed by atoms with van der Waals surface area (Å²) in [6.07, 6.45) is 12.6. The van der Waals surface area contributed by atoms with Gasteiger partial charge >= 0.3 is 5.69 Å². The van der Waals surface area contributed by atoms with Gasteiger partial charge < -0.3 is 5.73 Å². The average molecular weight is 293 g/mol. The van der Waals surface area contributed by atoms with Crippen LogP contribution in [0, 0.1) is 0 Å². The first-order valence-corrected chi connectivity index (χ1v) is 8.03. The van der Waals surface area contributed by atoms with E-state index < -0.39 is 5.69 Å². The average Bonchev–Trinajstić information content (AvgIpc) is 2.45. The summed E-state index contributed by atoms with van der Waals surface area (Å²) in [5.41, 5.74) is 4.80. The SMILES string of the molecule is CCCCCCCCCCCC(=O)n1ccc(N)nc1=O. The summed E-state index contributed by atoms with van der Waals surface area (Å²) in [5.74, 6) is -0.0532. The lowest BCUT2D eigenvalue weighted by Crippen LogP contribution is -2.28. The van der Waals surface area contributed by atoms with Crippen molar-refractivity contribution in [3.63, 3.8) is 0 Å². The van der Waals surface area contributed by atoms with Crippen LogP contribution in [-0.4, -0.2) is 15.5 Å². The first-order valence-electron chi connectivity index (χ1n) is 8.03. The Kier molecular flexibility index (Phi) is 8.40. The summed E-state index contributed by atoms with van der Waals surface area (Å²) in [6.45, 7) is 2.22. The number of unbranched alkanes of at least 4 members (excludes halogenated alkanes) is 8. The zero-order valence-electron chi connectivity index (χ0n) is 13.0. The van der Waals surface area contributed by atoms with Crippen LogP contribution in [0.25, 0.3) is 0 Å². The molecule has 2 N–H and O–H groups in total. The first kappa shape index (κ1) is 17.4. The van der Waals surface area contributed by atoms with Crippen molar-refractivity contribution >= 4 is 11.7 Å². The molecule has 0 bridgehead atoms. The van der Waals surface area contributed by atoms with E-state index in [1.54, 1.807) is 0 Å². The number of nitrogens with two attached hydrogens (primary N) is 1. The second kappa shape index (κ2) is 10.1. The molecule has 5 heteroatoms. The molecule has 0 unspecified atom stereocenters. The molecule has 118 valence electrons. The molecule has 1 aromatic heterocycles. The number of nitrogens with zero attached hydrogens (tertiary/aromatic N) is 2. The van der Waals surface area contributed by atoms with E-state index in [0.717, 1.165) is 23.8 Å². The van der Waals surface area contributed by atoms with Gasteiger partial charge in [0.05, 0.1) is 0 Å². The molecule has 0 aromatic carbocycles. The van der Waals surface area contributed by atoms with Crippen LogP contribution < -0.4 is 11.4 Å². The van der Waals surface area contributed by atoms with E-state index in [9.17, 15) is 9.59 Å². The van der Waals surface area contributed by atoms with Gasteiger partial charge in [-0.1, -0.05) is 58.3 Å². The largest absolute Gasteiger partial charge is 0.383 e. The third kappa shape index (κ3) is 7.06. The van der Waals surface area contributed by atoms with Crippen LogP contribution in [-0.2, 0) is 0 Å². The van der Waals surface area contributed by atoms with Crippen molar-refractivity contribution in [2.24, 2.45) is 0 Å². The van der Waals surface area contributed by atoms with E-state index in [4.69, 9.17) is 5.73 Å². The second-order valence-corrected chi connectivity index (χ2v) is 5.48. The molecule has 21 heavy (non-hydrogen) atoms. The summed E-state index contributed by atoms with van der Waals surface area (Å²) in [7, 11) is 0. The molecular formula is C16H27N3O2. The maximum absolute atomic E-state index is 11.9. The van der Waals surface area contributed by atoms with Gasteiger partial charge in [0.15, 0.2) is 0 Å². The van der Waals surface area contributed by atoms with Crippen molar-refractivity contribution in [3.8, 4) is 0 Å². The molecule has 1 aromatic rings. The van der Waals surface area contributed by atoms with Crippen molar-refractivity contribution in [2.75, 3.05) is 5.73 Å². The lowest BCUT2D eigenvalue weighted by Gasteiger charge is -2.04. The van der Waals surface area contributed by atoms with Gasteiger partial charge in [0.25, 0.3) is 0 Å². The van der Waals surface area contributed by atoms with E-state index in [1.807, 2.05) is 0 Å². The van der Waals surface area contributed by atoms with Crippen LogP contribution in [0.1, 0.15) is 75.9 Å². The summed E-state index contributed by atoms with van der Waals surface area (Å²) in [4.78, 5) is 26.9. The third-order valence-electron chi connectivity index (χ3n) is 3.59. The molecule has 1 heterocycles. The lowest BCUT2D eigenvalue weighted by molar-refractivity contribution is 0.0893. The fourth-order valence-electron chi connectivity index (χ4n) is 2.31. The monoisotopic (exact) mass is 293 g/mol. The molecule has 0 amide bonds. The van der Waals surface area contributed by atoms with E-state index in [-0.39, 0.29) is 11.7 Å². The highest BCUT2D eigenvalue weighted by Crippen LogP contribution is 2.10. The Morgan fingerprint density at radius 1 is 1.10 bits per heavy atom. The Bertz CT molecular complexity index is 483. The number of nitrogen functional groups attached to an aromatic ring is 1. The zero-order chi connectivity index (χ0) is 15.5. The lowest BCUT2D eigenvalue weighted by atomic mass is 10.1. The van der Waals surface area contributed by atoms with Crippen molar-refractivity contribution < 1.29 is 4.79 Å². The summed E-state index contributed by atoms with van der Waals surface area (Å²) < 4.78 is 1.04. The Hall–Kier alpha value is -1.65. The number of anilines is 1. The van der Waals surface area contributed by atoms with Gasteiger partial charge in [0.1, 0.15) is 5.82 Å². The summed E-state index contributed by atoms with van der Waals surface area (Å²) >= 11 is 0. The minimum absolute atomic E-state index is 0.145. The van der Waals surface area contributed by atoms with Gasteiger partial charge in [0.2, 0.25) is 5.91 Å². The van der Waals surface area contributed by atoms with Crippen molar-refractivity contribution in [1.29, 1.82) is 0 Å². The third-order valence-corrected chi connectivity index (χ3v) is 3.59. The molecule has 0 saturated carbocycles. The molecule has 0 saturated heterocycles. The Morgan fingerprint density at radius 2 is 1.67 bits per heavy atom. The number of hydrogen-bond donors (Lipinski definition) is 1. The number of carbonyl (C=O) groups is 1. The molecule has 0 fully saturated rings. The fourth-order valence-corrected chi connectivity index (χ4v) is 2.31. The highest BCUT2D eigenvalue weighted by atomic mass is 16.2. The van der Waals surface area contributed by atoms with Gasteiger partial charge in [-0.3, -0.25) is 4.79 Å². The molecule has 0 aliphatic rings. The molecule has 0 spiro atoms. The number of hydrogen-bond acceptors (Lipinski definition) is 4. The standard InChI is InChI=1S/C16H27N3O2/c1-2-3-4-5-6-7-8-9-10-11-15(20)19-13-12-14(17)18-16(19)21/h12-13H,2-11H2,1H3,(H2,17,18,21). The zero-order valence-corrected chi connectivity index (χ0v) is 13.0. The fraction of sp³-hybridized carbons (Fsp3) is 0.688. The van der Waals surface area contributed by atoms with Crippen LogP contribution in [0.5, 0.6) is 0 Å². The number of rotatable bonds is 10. The Morgan fingerprint density at radius 3 is 2.24 bits per heavy atom. The van der Waals surface area contributed by atoms with Gasteiger partial charge in [-0.05, 0) is 12.5 Å². The van der Waals surface area contributed by atoms with Crippen LogP contribution in [0.15, 0.2) is 17.1 Å². The van der Waals surface area contributed by atoms with Crippen LogP contribution in [0.4, 0.5) is 5.82 Å². The second-order valence-electron chi connectivity index (χ2n) is 5.48. The van der Waals surface area contributed by atoms with Crippen molar-refractivity contribution in [3.05, 3.63) is 22.7 Å². The predicted molar refractivity (Wildman–Crippen MR) is 85.4 cm³/mol. The summed E-state index contributed by atoms with van der Waals surface area (Å²) in [5, 5.41) is 0. The predicted octanol–water partition coefficient (Wildman–Crippen LogP) is 3.39. The highest BCUT2D eigenvalue weighted by molar-refractivity contribution is 5.78. The van der Waals surface area contributed by atoms with Crippen LogP contribution >= 0.6 is 0 Å². The summed E-state index contributed by atoms with van der Waals surface area (Å²) in [6, 6.07) is 1.47. The first-order chi connectivity index (χ1) is 10.1. The quantitative estimate of drug-likeness (QED) is 0.671. The number of aromatic nitrogens is 2. The van der Waals surface area contributed by atoms with Crippen molar-refractivity contribution in [2.45, 2.75) is 71.1 Å². The molecule has 0 aliphatic carbocycles. The molecular weight excluding hydrogens is 266 g/mol. The van der Waals surface area contributed by atoms with E-state index in [0.29, 0.717) is 6.42 Å². The molecule has 5 nitrogen and oxygen atoms in total. The normalized spacial score (nSPS) is 10.7. The highest BCUT2D eigenvalue weighted by Gasteiger charge is 2.07. The van der Waals surface area contributed by atoms with Gasteiger partial charge in [-0.2, -0.15) is 4.98 Å². The van der Waals surface area contributed by atoms with E-state index >= 15 is 0 Å². The van der Waals surface area contributed by atoms with Gasteiger partial charge in [-0.25, -0.2) is 9.36 Å². The van der Waals surface area contributed by atoms with E-state index in [1.165, 1.54) is 50.8 Å². The van der Waals surface area contributed by atoms with Gasteiger partial charge in [-0.15, -0.1) is 0 Å². The van der Waals surface area contributed by atoms with Crippen LogP contribution in [0.3, 0.4) is 0 Å². The molecule has 1 rings (SSSR count). The van der Waals surface area contributed by atoms with E-state index in [2.05, 4.69) is 11.9 Å². The Labute approximate surface area is 126 Å².